The highest BCUT2D eigenvalue weighted by atomic mass is 32.1. The molecule has 22 heavy (non-hydrogen) atoms. The number of rotatable bonds is 5. The third kappa shape index (κ3) is 3.76. The van der Waals surface area contributed by atoms with Crippen molar-refractivity contribution in [2.45, 2.75) is 58.4 Å². The zero-order chi connectivity index (χ0) is 15.7. The van der Waals surface area contributed by atoms with E-state index in [0.29, 0.717) is 0 Å². The van der Waals surface area contributed by atoms with Gasteiger partial charge in [-0.3, -0.25) is 0 Å². The summed E-state index contributed by atoms with van der Waals surface area (Å²) < 4.78 is 0. The Morgan fingerprint density at radius 1 is 1.18 bits per heavy atom. The zero-order valence-electron chi connectivity index (χ0n) is 14.1. The van der Waals surface area contributed by atoms with Crippen molar-refractivity contribution >= 4 is 11.3 Å². The van der Waals surface area contributed by atoms with Crippen LogP contribution in [0, 0.1) is 6.92 Å². The third-order valence-electron chi connectivity index (χ3n) is 4.21. The molecule has 0 radical (unpaired) electrons. The van der Waals surface area contributed by atoms with E-state index in [9.17, 15) is 0 Å². The Bertz CT molecular complexity index is 630. The van der Waals surface area contributed by atoms with Gasteiger partial charge in [0.1, 0.15) is 0 Å². The summed E-state index contributed by atoms with van der Waals surface area (Å²) >= 11 is 1.84. The quantitative estimate of drug-likeness (QED) is 0.864. The second-order valence-electron chi connectivity index (χ2n) is 7.32. The Hall–Kier alpha value is -1.19. The maximum atomic E-state index is 4.87. The molecule has 118 valence electrons. The smallest absolute Gasteiger partial charge is 0.0948 e. The third-order valence-corrected chi connectivity index (χ3v) is 5.25. The lowest BCUT2D eigenvalue weighted by molar-refractivity contribution is 0.590. The molecule has 1 heterocycles. The Morgan fingerprint density at radius 3 is 2.45 bits per heavy atom. The van der Waals surface area contributed by atoms with Crippen LogP contribution in [0.15, 0.2) is 24.3 Å². The van der Waals surface area contributed by atoms with Gasteiger partial charge in [-0.15, -0.1) is 11.3 Å². The molecule has 1 aliphatic carbocycles. The molecule has 0 unspecified atom stereocenters. The van der Waals surface area contributed by atoms with Crippen molar-refractivity contribution < 1.29 is 0 Å². The van der Waals surface area contributed by atoms with E-state index in [1.807, 2.05) is 11.3 Å². The molecule has 1 aromatic heterocycles. The van der Waals surface area contributed by atoms with Gasteiger partial charge in [0.25, 0.3) is 0 Å². The number of thiazole rings is 1. The molecule has 2 nitrogen and oxygen atoms in total. The van der Waals surface area contributed by atoms with Crippen molar-refractivity contribution in [3.63, 3.8) is 0 Å². The van der Waals surface area contributed by atoms with Crippen LogP contribution in [0.3, 0.4) is 0 Å². The van der Waals surface area contributed by atoms with Gasteiger partial charge in [0, 0.05) is 29.4 Å². The van der Waals surface area contributed by atoms with Gasteiger partial charge in [0.05, 0.1) is 10.7 Å². The zero-order valence-corrected chi connectivity index (χ0v) is 14.9. The molecule has 2 aromatic rings. The summed E-state index contributed by atoms with van der Waals surface area (Å²) in [6, 6.07) is 9.69. The minimum absolute atomic E-state index is 0.204. The minimum atomic E-state index is 0.204. The summed E-state index contributed by atoms with van der Waals surface area (Å²) in [6.45, 7) is 9.99. The normalized spacial score (nSPS) is 15.3. The first-order valence-electron chi connectivity index (χ1n) is 8.24. The number of aromatic nitrogens is 1. The topological polar surface area (TPSA) is 24.9 Å². The fourth-order valence-electron chi connectivity index (χ4n) is 2.62. The van der Waals surface area contributed by atoms with Crippen LogP contribution in [-0.4, -0.2) is 17.6 Å². The van der Waals surface area contributed by atoms with Crippen LogP contribution in [0.25, 0.3) is 11.3 Å². The molecule has 1 aliphatic rings. The van der Waals surface area contributed by atoms with Crippen molar-refractivity contribution in [2.75, 3.05) is 6.54 Å². The maximum absolute atomic E-state index is 4.87. The number of nitrogens with zero attached hydrogens (tertiary/aromatic N) is 1. The molecule has 0 atom stereocenters. The largest absolute Gasteiger partial charge is 0.314 e. The summed E-state index contributed by atoms with van der Waals surface area (Å²) in [5.41, 5.74) is 3.97. The van der Waals surface area contributed by atoms with Gasteiger partial charge in [0.15, 0.2) is 0 Å². The van der Waals surface area contributed by atoms with Crippen LogP contribution in [-0.2, 0) is 11.8 Å². The standard InChI is InChI=1S/C19H26N2S/c1-13-18(14-5-7-15(8-6-14)19(2,3)4)21-17(22-13)11-12-20-16-9-10-16/h5-8,16,20H,9-12H2,1-4H3. The van der Waals surface area contributed by atoms with E-state index in [4.69, 9.17) is 4.98 Å². The molecule has 1 aromatic carbocycles. The predicted molar refractivity (Wildman–Crippen MR) is 95.7 cm³/mol. The molecule has 0 saturated heterocycles. The van der Waals surface area contributed by atoms with Crippen molar-refractivity contribution in [3.05, 3.63) is 39.7 Å². The number of aryl methyl sites for hydroxylation is 1. The van der Waals surface area contributed by atoms with E-state index < -0.39 is 0 Å². The Kier molecular flexibility index (Phi) is 4.37. The summed E-state index contributed by atoms with van der Waals surface area (Å²) in [5, 5.41) is 4.81. The molecule has 3 rings (SSSR count). The molecule has 1 N–H and O–H groups in total. The summed E-state index contributed by atoms with van der Waals surface area (Å²) in [4.78, 5) is 6.19. The van der Waals surface area contributed by atoms with Crippen molar-refractivity contribution in [1.29, 1.82) is 0 Å². The molecule has 1 fully saturated rings. The van der Waals surface area contributed by atoms with Crippen molar-refractivity contribution in [1.82, 2.24) is 10.3 Å². The molecular formula is C19H26N2S. The van der Waals surface area contributed by atoms with Gasteiger partial charge >= 0.3 is 0 Å². The summed E-state index contributed by atoms with van der Waals surface area (Å²) in [5.74, 6) is 0. The molecule has 0 bridgehead atoms. The van der Waals surface area contributed by atoms with E-state index in [-0.39, 0.29) is 5.41 Å². The van der Waals surface area contributed by atoms with Crippen LogP contribution < -0.4 is 5.32 Å². The monoisotopic (exact) mass is 314 g/mol. The average molecular weight is 314 g/mol. The first-order valence-corrected chi connectivity index (χ1v) is 9.06. The SMILES string of the molecule is Cc1sc(CCNC2CC2)nc1-c1ccc(C(C)(C)C)cc1. The first-order chi connectivity index (χ1) is 10.4. The second kappa shape index (κ2) is 6.13. The van der Waals surface area contributed by atoms with Crippen LogP contribution in [0.5, 0.6) is 0 Å². The Labute approximate surface area is 138 Å². The molecule has 0 amide bonds. The highest BCUT2D eigenvalue weighted by Crippen LogP contribution is 2.30. The average Bonchev–Trinajstić information content (AvgIpc) is 3.20. The van der Waals surface area contributed by atoms with E-state index in [1.54, 1.807) is 0 Å². The fraction of sp³-hybridized carbons (Fsp3) is 0.526. The molecule has 0 spiro atoms. The van der Waals surface area contributed by atoms with E-state index in [2.05, 4.69) is 57.3 Å². The van der Waals surface area contributed by atoms with E-state index in [0.717, 1.165) is 24.7 Å². The molecule has 3 heteroatoms. The van der Waals surface area contributed by atoms with E-state index in [1.165, 1.54) is 33.9 Å². The van der Waals surface area contributed by atoms with Crippen molar-refractivity contribution in [2.24, 2.45) is 0 Å². The summed E-state index contributed by atoms with van der Waals surface area (Å²) in [7, 11) is 0. The number of nitrogens with one attached hydrogen (secondary N) is 1. The lowest BCUT2D eigenvalue weighted by Gasteiger charge is -2.19. The Balaban J connectivity index is 1.71. The van der Waals surface area contributed by atoms with Gasteiger partial charge in [-0.25, -0.2) is 4.98 Å². The van der Waals surface area contributed by atoms with Gasteiger partial charge < -0.3 is 5.32 Å². The van der Waals surface area contributed by atoms with Crippen molar-refractivity contribution in [3.8, 4) is 11.3 Å². The van der Waals surface area contributed by atoms with E-state index >= 15 is 0 Å². The highest BCUT2D eigenvalue weighted by Gasteiger charge is 2.20. The van der Waals surface area contributed by atoms with Gasteiger partial charge in [-0.05, 0) is 30.7 Å². The maximum Gasteiger partial charge on any atom is 0.0948 e. The van der Waals surface area contributed by atoms with Gasteiger partial charge in [-0.1, -0.05) is 45.0 Å². The molecule has 0 aliphatic heterocycles. The first kappa shape index (κ1) is 15.7. The second-order valence-corrected chi connectivity index (χ2v) is 8.61. The van der Waals surface area contributed by atoms with Gasteiger partial charge in [-0.2, -0.15) is 0 Å². The van der Waals surface area contributed by atoms with Crippen LogP contribution >= 0.6 is 11.3 Å². The Morgan fingerprint density at radius 2 is 1.86 bits per heavy atom. The molecular weight excluding hydrogens is 288 g/mol. The number of hydrogen-bond acceptors (Lipinski definition) is 3. The predicted octanol–water partition coefficient (Wildman–Crippen LogP) is 4.71. The minimum Gasteiger partial charge on any atom is -0.314 e. The lowest BCUT2D eigenvalue weighted by Crippen LogP contribution is -2.19. The fourth-order valence-corrected chi connectivity index (χ4v) is 3.58. The van der Waals surface area contributed by atoms with Crippen LogP contribution in [0.1, 0.15) is 49.1 Å². The van der Waals surface area contributed by atoms with Gasteiger partial charge in [0.2, 0.25) is 0 Å². The lowest BCUT2D eigenvalue weighted by atomic mass is 9.86. The number of hydrogen-bond donors (Lipinski definition) is 1. The summed E-state index contributed by atoms with van der Waals surface area (Å²) in [6.07, 6.45) is 3.74. The number of benzene rings is 1. The molecule has 1 saturated carbocycles. The van der Waals surface area contributed by atoms with Crippen LogP contribution in [0.2, 0.25) is 0 Å². The highest BCUT2D eigenvalue weighted by molar-refractivity contribution is 7.12. The van der Waals surface area contributed by atoms with Crippen LogP contribution in [0.4, 0.5) is 0 Å².